The predicted octanol–water partition coefficient (Wildman–Crippen LogP) is 2.24. The molecular formula is C19H17NO5. The van der Waals surface area contributed by atoms with Gasteiger partial charge in [0.05, 0.1) is 13.7 Å². The molecule has 0 saturated carbocycles. The van der Waals surface area contributed by atoms with Gasteiger partial charge in [0.2, 0.25) is 6.79 Å². The van der Waals surface area contributed by atoms with Crippen molar-refractivity contribution in [2.45, 2.75) is 0 Å². The lowest BCUT2D eigenvalue weighted by Crippen LogP contribution is -2.23. The lowest BCUT2D eigenvalue weighted by molar-refractivity contribution is 0.0958. The molecule has 25 heavy (non-hydrogen) atoms. The standard InChI is InChI=1S/C19H17NO5/c1-22-15-6-2-3-7-16(15)23-11-5-4-10-20-19(21)14-8-9-17-18(12-14)25-13-24-17/h2-3,6-9,12H,10-11,13H2,1H3,(H,20,21). The van der Waals surface area contributed by atoms with Crippen molar-refractivity contribution < 1.29 is 23.7 Å². The summed E-state index contributed by atoms with van der Waals surface area (Å²) in [6, 6.07) is 12.4. The second-order valence-corrected chi connectivity index (χ2v) is 5.04. The number of methoxy groups -OCH3 is 1. The average Bonchev–Trinajstić information content (AvgIpc) is 3.12. The fourth-order valence-electron chi connectivity index (χ4n) is 2.23. The van der Waals surface area contributed by atoms with Crippen molar-refractivity contribution in [3.63, 3.8) is 0 Å². The van der Waals surface area contributed by atoms with Gasteiger partial charge in [-0.15, -0.1) is 0 Å². The molecule has 1 amide bonds. The summed E-state index contributed by atoms with van der Waals surface area (Å²) in [5.74, 6) is 7.96. The van der Waals surface area contributed by atoms with Crippen LogP contribution in [0.5, 0.6) is 23.0 Å². The van der Waals surface area contributed by atoms with Crippen LogP contribution in [-0.2, 0) is 0 Å². The first-order valence-corrected chi connectivity index (χ1v) is 7.67. The van der Waals surface area contributed by atoms with Crippen LogP contribution in [0.25, 0.3) is 0 Å². The molecule has 0 aliphatic carbocycles. The van der Waals surface area contributed by atoms with E-state index in [1.807, 2.05) is 24.3 Å². The predicted molar refractivity (Wildman–Crippen MR) is 91.2 cm³/mol. The number of carbonyl (C=O) groups is 1. The molecule has 1 aliphatic rings. The monoisotopic (exact) mass is 339 g/mol. The van der Waals surface area contributed by atoms with Crippen molar-refractivity contribution in [3.8, 4) is 34.8 Å². The maximum atomic E-state index is 12.1. The number of hydrogen-bond donors (Lipinski definition) is 1. The van der Waals surface area contributed by atoms with E-state index in [1.165, 1.54) is 0 Å². The lowest BCUT2D eigenvalue weighted by Gasteiger charge is -2.07. The van der Waals surface area contributed by atoms with Gasteiger partial charge in [-0.25, -0.2) is 0 Å². The van der Waals surface area contributed by atoms with Crippen molar-refractivity contribution in [3.05, 3.63) is 48.0 Å². The summed E-state index contributed by atoms with van der Waals surface area (Å²) in [7, 11) is 1.58. The third-order valence-electron chi connectivity index (χ3n) is 3.47. The van der Waals surface area contributed by atoms with Crippen molar-refractivity contribution in [2.75, 3.05) is 27.1 Å². The number of para-hydroxylation sites is 2. The van der Waals surface area contributed by atoms with Crippen molar-refractivity contribution in [2.24, 2.45) is 0 Å². The minimum absolute atomic E-state index is 0.179. The Bertz CT molecular complexity index is 822. The zero-order valence-corrected chi connectivity index (χ0v) is 13.7. The summed E-state index contributed by atoms with van der Waals surface area (Å²) < 4.78 is 21.2. The number of ether oxygens (including phenoxy) is 4. The van der Waals surface area contributed by atoms with E-state index in [0.29, 0.717) is 28.6 Å². The smallest absolute Gasteiger partial charge is 0.252 e. The van der Waals surface area contributed by atoms with Crippen LogP contribution in [0, 0.1) is 11.8 Å². The number of carbonyl (C=O) groups excluding carboxylic acids is 1. The molecule has 1 heterocycles. The van der Waals surface area contributed by atoms with E-state index >= 15 is 0 Å². The Hall–Kier alpha value is -3.33. The molecule has 1 N–H and O–H groups in total. The van der Waals surface area contributed by atoms with Crippen LogP contribution in [0.3, 0.4) is 0 Å². The molecule has 0 radical (unpaired) electrons. The maximum Gasteiger partial charge on any atom is 0.252 e. The van der Waals surface area contributed by atoms with E-state index in [0.717, 1.165) is 0 Å². The van der Waals surface area contributed by atoms with Gasteiger partial charge in [0.25, 0.3) is 5.91 Å². The van der Waals surface area contributed by atoms with Crippen LogP contribution in [0.15, 0.2) is 42.5 Å². The molecule has 6 nitrogen and oxygen atoms in total. The fraction of sp³-hybridized carbons (Fsp3) is 0.211. The molecule has 6 heteroatoms. The Morgan fingerprint density at radius 3 is 2.76 bits per heavy atom. The molecule has 0 aromatic heterocycles. The number of fused-ring (bicyclic) bond motifs is 1. The Morgan fingerprint density at radius 1 is 1.12 bits per heavy atom. The molecule has 2 aromatic carbocycles. The summed E-state index contributed by atoms with van der Waals surface area (Å²) in [5, 5.41) is 2.72. The highest BCUT2D eigenvalue weighted by atomic mass is 16.7. The zero-order valence-electron chi connectivity index (χ0n) is 13.7. The van der Waals surface area contributed by atoms with Gasteiger partial charge >= 0.3 is 0 Å². The Morgan fingerprint density at radius 2 is 1.92 bits per heavy atom. The lowest BCUT2D eigenvalue weighted by atomic mass is 10.2. The highest BCUT2D eigenvalue weighted by Crippen LogP contribution is 2.32. The first kappa shape index (κ1) is 16.5. The fourth-order valence-corrected chi connectivity index (χ4v) is 2.23. The number of amides is 1. The second kappa shape index (κ2) is 7.97. The van der Waals surface area contributed by atoms with Crippen LogP contribution in [0.4, 0.5) is 0 Å². The highest BCUT2D eigenvalue weighted by molar-refractivity contribution is 5.95. The third kappa shape index (κ3) is 4.15. The maximum absolute atomic E-state index is 12.1. The summed E-state index contributed by atoms with van der Waals surface area (Å²) in [4.78, 5) is 12.1. The van der Waals surface area contributed by atoms with E-state index in [2.05, 4.69) is 17.2 Å². The quantitative estimate of drug-likeness (QED) is 0.847. The van der Waals surface area contributed by atoms with Crippen LogP contribution < -0.4 is 24.3 Å². The normalized spacial score (nSPS) is 11.2. The topological polar surface area (TPSA) is 66.0 Å². The van der Waals surface area contributed by atoms with Crippen LogP contribution in [0.2, 0.25) is 0 Å². The van der Waals surface area contributed by atoms with Gasteiger partial charge in [0.15, 0.2) is 23.0 Å². The van der Waals surface area contributed by atoms with Crippen LogP contribution in [0.1, 0.15) is 10.4 Å². The van der Waals surface area contributed by atoms with E-state index < -0.39 is 0 Å². The highest BCUT2D eigenvalue weighted by Gasteiger charge is 2.15. The van der Waals surface area contributed by atoms with Gasteiger partial charge in [-0.3, -0.25) is 4.79 Å². The van der Waals surface area contributed by atoms with E-state index in [9.17, 15) is 4.79 Å². The van der Waals surface area contributed by atoms with Crippen molar-refractivity contribution in [1.29, 1.82) is 0 Å². The SMILES string of the molecule is COc1ccccc1OCC#CCNC(=O)c1ccc2c(c1)OCO2. The second-order valence-electron chi connectivity index (χ2n) is 5.04. The molecule has 0 fully saturated rings. The summed E-state index contributed by atoms with van der Waals surface area (Å²) in [5.41, 5.74) is 0.497. The Kier molecular flexibility index (Phi) is 5.27. The van der Waals surface area contributed by atoms with Gasteiger partial charge in [0.1, 0.15) is 6.61 Å². The molecule has 0 bridgehead atoms. The molecule has 0 saturated heterocycles. The van der Waals surface area contributed by atoms with Gasteiger partial charge in [-0.2, -0.15) is 0 Å². The molecule has 0 spiro atoms. The molecule has 0 atom stereocenters. The largest absolute Gasteiger partial charge is 0.493 e. The number of hydrogen-bond acceptors (Lipinski definition) is 5. The van der Waals surface area contributed by atoms with Crippen molar-refractivity contribution >= 4 is 5.91 Å². The summed E-state index contributed by atoms with van der Waals surface area (Å²) in [6.45, 7) is 0.612. The number of nitrogens with one attached hydrogen (secondary N) is 1. The molecule has 128 valence electrons. The van der Waals surface area contributed by atoms with Crippen molar-refractivity contribution in [1.82, 2.24) is 5.32 Å². The third-order valence-corrected chi connectivity index (χ3v) is 3.47. The van der Waals surface area contributed by atoms with E-state index in [-0.39, 0.29) is 25.9 Å². The minimum atomic E-state index is -0.224. The first-order chi connectivity index (χ1) is 12.3. The molecular weight excluding hydrogens is 322 g/mol. The van der Waals surface area contributed by atoms with Crippen LogP contribution >= 0.6 is 0 Å². The zero-order chi connectivity index (χ0) is 17.5. The van der Waals surface area contributed by atoms with Gasteiger partial charge in [-0.05, 0) is 30.3 Å². The molecule has 3 rings (SSSR count). The van der Waals surface area contributed by atoms with E-state index in [1.54, 1.807) is 25.3 Å². The van der Waals surface area contributed by atoms with Gasteiger partial charge in [0, 0.05) is 5.56 Å². The summed E-state index contributed by atoms with van der Waals surface area (Å²) in [6.07, 6.45) is 0. The average molecular weight is 339 g/mol. The van der Waals surface area contributed by atoms with Crippen LogP contribution in [-0.4, -0.2) is 33.0 Å². The van der Waals surface area contributed by atoms with Gasteiger partial charge in [-0.1, -0.05) is 24.0 Å². The van der Waals surface area contributed by atoms with Gasteiger partial charge < -0.3 is 24.3 Å². The number of rotatable bonds is 5. The van der Waals surface area contributed by atoms with E-state index in [4.69, 9.17) is 18.9 Å². The molecule has 2 aromatic rings. The minimum Gasteiger partial charge on any atom is -0.493 e. The Balaban J connectivity index is 1.45. The molecule has 0 unspecified atom stereocenters. The summed E-state index contributed by atoms with van der Waals surface area (Å²) >= 11 is 0. The Labute approximate surface area is 145 Å². The number of benzene rings is 2. The first-order valence-electron chi connectivity index (χ1n) is 7.67. The molecule has 1 aliphatic heterocycles.